The van der Waals surface area contributed by atoms with Crippen molar-refractivity contribution < 1.29 is 0 Å². The predicted molar refractivity (Wildman–Crippen MR) is 87.2 cm³/mol. The van der Waals surface area contributed by atoms with Crippen LogP contribution in [0.2, 0.25) is 0 Å². The lowest BCUT2D eigenvalue weighted by Gasteiger charge is -2.34. The molecule has 0 saturated carbocycles. The standard InChI is InChI=1S/C16H22BrN3/c1-3-9-20-14-6-5-12(17)10-13(14)19-15(20)16(2)7-4-8-18-11-16/h5-6,10,18H,3-4,7-9,11H2,1-2H3. The van der Waals surface area contributed by atoms with Gasteiger partial charge in [-0.2, -0.15) is 0 Å². The Morgan fingerprint density at radius 3 is 3.00 bits per heavy atom. The van der Waals surface area contributed by atoms with Crippen LogP contribution in [-0.2, 0) is 12.0 Å². The summed E-state index contributed by atoms with van der Waals surface area (Å²) < 4.78 is 3.53. The zero-order valence-electron chi connectivity index (χ0n) is 12.2. The highest BCUT2D eigenvalue weighted by atomic mass is 79.9. The van der Waals surface area contributed by atoms with Crippen LogP contribution >= 0.6 is 15.9 Å². The largest absolute Gasteiger partial charge is 0.327 e. The smallest absolute Gasteiger partial charge is 0.117 e. The van der Waals surface area contributed by atoms with Crippen molar-refractivity contribution in [2.75, 3.05) is 13.1 Å². The van der Waals surface area contributed by atoms with Crippen molar-refractivity contribution in [2.45, 2.75) is 45.1 Å². The van der Waals surface area contributed by atoms with E-state index in [2.05, 4.69) is 57.9 Å². The number of nitrogens with one attached hydrogen (secondary N) is 1. The third kappa shape index (κ3) is 2.40. The average molecular weight is 336 g/mol. The number of aryl methyl sites for hydroxylation is 1. The third-order valence-electron chi connectivity index (χ3n) is 4.29. The van der Waals surface area contributed by atoms with E-state index in [1.807, 2.05) is 0 Å². The van der Waals surface area contributed by atoms with Gasteiger partial charge in [0.25, 0.3) is 0 Å². The lowest BCUT2D eigenvalue weighted by molar-refractivity contribution is 0.314. The molecule has 3 rings (SSSR count). The maximum Gasteiger partial charge on any atom is 0.117 e. The lowest BCUT2D eigenvalue weighted by Crippen LogP contribution is -2.42. The van der Waals surface area contributed by atoms with Gasteiger partial charge in [-0.3, -0.25) is 0 Å². The number of imidazole rings is 1. The molecule has 4 heteroatoms. The average Bonchev–Trinajstić information content (AvgIpc) is 2.79. The van der Waals surface area contributed by atoms with Crippen LogP contribution in [0.25, 0.3) is 11.0 Å². The van der Waals surface area contributed by atoms with E-state index >= 15 is 0 Å². The van der Waals surface area contributed by atoms with E-state index in [-0.39, 0.29) is 5.41 Å². The first-order valence-electron chi connectivity index (χ1n) is 7.51. The second-order valence-electron chi connectivity index (χ2n) is 6.06. The van der Waals surface area contributed by atoms with Gasteiger partial charge in [-0.15, -0.1) is 0 Å². The second-order valence-corrected chi connectivity index (χ2v) is 6.98. The number of rotatable bonds is 3. The Hall–Kier alpha value is -0.870. The molecule has 2 aromatic rings. The number of nitrogens with zero attached hydrogens (tertiary/aromatic N) is 2. The minimum atomic E-state index is 0.152. The number of piperidine rings is 1. The van der Waals surface area contributed by atoms with Crippen LogP contribution in [0.3, 0.4) is 0 Å². The van der Waals surface area contributed by atoms with E-state index in [1.165, 1.54) is 24.2 Å². The molecule has 20 heavy (non-hydrogen) atoms. The topological polar surface area (TPSA) is 29.9 Å². The van der Waals surface area contributed by atoms with Crippen molar-refractivity contribution in [1.82, 2.24) is 14.9 Å². The Bertz CT molecular complexity index is 611. The summed E-state index contributed by atoms with van der Waals surface area (Å²) in [5.41, 5.74) is 2.52. The fourth-order valence-electron chi connectivity index (χ4n) is 3.26. The molecule has 1 atom stereocenters. The monoisotopic (exact) mass is 335 g/mol. The maximum absolute atomic E-state index is 4.98. The summed E-state index contributed by atoms with van der Waals surface area (Å²) in [7, 11) is 0. The summed E-state index contributed by atoms with van der Waals surface area (Å²) in [5.74, 6) is 1.25. The summed E-state index contributed by atoms with van der Waals surface area (Å²) in [6.07, 6.45) is 3.59. The molecule has 1 aliphatic rings. The van der Waals surface area contributed by atoms with Crippen LogP contribution in [0.15, 0.2) is 22.7 Å². The molecule has 1 aromatic carbocycles. The van der Waals surface area contributed by atoms with E-state index in [9.17, 15) is 0 Å². The van der Waals surface area contributed by atoms with Gasteiger partial charge in [0.2, 0.25) is 0 Å². The Labute approximate surface area is 128 Å². The van der Waals surface area contributed by atoms with Crippen LogP contribution in [-0.4, -0.2) is 22.6 Å². The fraction of sp³-hybridized carbons (Fsp3) is 0.562. The Morgan fingerprint density at radius 2 is 2.30 bits per heavy atom. The highest BCUT2D eigenvalue weighted by Gasteiger charge is 2.33. The highest BCUT2D eigenvalue weighted by molar-refractivity contribution is 9.10. The molecule has 0 aliphatic carbocycles. The molecule has 1 saturated heterocycles. The predicted octanol–water partition coefficient (Wildman–Crippen LogP) is 3.85. The molecule has 1 aliphatic heterocycles. The first-order valence-corrected chi connectivity index (χ1v) is 8.30. The highest BCUT2D eigenvalue weighted by Crippen LogP contribution is 2.33. The number of hydrogen-bond acceptors (Lipinski definition) is 2. The molecule has 3 nitrogen and oxygen atoms in total. The summed E-state index contributed by atoms with van der Waals surface area (Å²) in [4.78, 5) is 4.98. The Kier molecular flexibility index (Phi) is 3.87. The minimum Gasteiger partial charge on any atom is -0.327 e. The molecule has 108 valence electrons. The number of halogens is 1. The van der Waals surface area contributed by atoms with Crippen LogP contribution < -0.4 is 5.32 Å². The number of fused-ring (bicyclic) bond motifs is 1. The molecule has 1 N–H and O–H groups in total. The van der Waals surface area contributed by atoms with Crippen molar-refractivity contribution in [3.05, 3.63) is 28.5 Å². The van der Waals surface area contributed by atoms with Crippen molar-refractivity contribution in [2.24, 2.45) is 0 Å². The molecule has 0 spiro atoms. The van der Waals surface area contributed by atoms with Gasteiger partial charge in [0.15, 0.2) is 0 Å². The molecule has 1 fully saturated rings. The van der Waals surface area contributed by atoms with E-state index < -0.39 is 0 Å². The first-order chi connectivity index (χ1) is 9.64. The van der Waals surface area contributed by atoms with Gasteiger partial charge in [-0.25, -0.2) is 4.98 Å². The van der Waals surface area contributed by atoms with Crippen molar-refractivity contribution in [3.8, 4) is 0 Å². The SMILES string of the molecule is CCCn1c(C2(C)CCCNC2)nc2cc(Br)ccc21. The van der Waals surface area contributed by atoms with E-state index in [0.717, 1.165) is 36.0 Å². The normalized spacial score (nSPS) is 23.4. The zero-order valence-corrected chi connectivity index (χ0v) is 13.8. The van der Waals surface area contributed by atoms with Gasteiger partial charge in [-0.1, -0.05) is 29.8 Å². The van der Waals surface area contributed by atoms with E-state index in [4.69, 9.17) is 4.98 Å². The van der Waals surface area contributed by atoms with Crippen molar-refractivity contribution in [3.63, 3.8) is 0 Å². The summed E-state index contributed by atoms with van der Waals surface area (Å²) >= 11 is 3.55. The fourth-order valence-corrected chi connectivity index (χ4v) is 3.61. The molecular formula is C16H22BrN3. The van der Waals surface area contributed by atoms with Crippen molar-refractivity contribution >= 4 is 27.0 Å². The van der Waals surface area contributed by atoms with Gasteiger partial charge in [0.05, 0.1) is 11.0 Å². The number of benzene rings is 1. The summed E-state index contributed by atoms with van der Waals surface area (Å²) in [5, 5.41) is 3.54. The van der Waals surface area contributed by atoms with Crippen LogP contribution in [0.1, 0.15) is 38.9 Å². The second kappa shape index (κ2) is 5.49. The molecular weight excluding hydrogens is 314 g/mol. The van der Waals surface area contributed by atoms with E-state index in [0.29, 0.717) is 0 Å². The zero-order chi connectivity index (χ0) is 14.2. The quantitative estimate of drug-likeness (QED) is 0.923. The molecule has 0 amide bonds. The lowest BCUT2D eigenvalue weighted by atomic mass is 9.82. The van der Waals surface area contributed by atoms with Gasteiger partial charge in [-0.05, 0) is 44.0 Å². The molecule has 1 aromatic heterocycles. The molecule has 0 radical (unpaired) electrons. The molecule has 1 unspecified atom stereocenters. The summed E-state index contributed by atoms with van der Waals surface area (Å²) in [6, 6.07) is 6.43. The van der Waals surface area contributed by atoms with Gasteiger partial charge in [0.1, 0.15) is 5.82 Å². The van der Waals surface area contributed by atoms with Crippen LogP contribution in [0.4, 0.5) is 0 Å². The first kappa shape index (κ1) is 14.1. The number of hydrogen-bond donors (Lipinski definition) is 1. The van der Waals surface area contributed by atoms with Crippen molar-refractivity contribution in [1.29, 1.82) is 0 Å². The van der Waals surface area contributed by atoms with Gasteiger partial charge in [0, 0.05) is 23.0 Å². The van der Waals surface area contributed by atoms with Crippen LogP contribution in [0.5, 0.6) is 0 Å². The van der Waals surface area contributed by atoms with Gasteiger partial charge >= 0.3 is 0 Å². The van der Waals surface area contributed by atoms with Crippen LogP contribution in [0, 0.1) is 0 Å². The molecule has 2 heterocycles. The van der Waals surface area contributed by atoms with Gasteiger partial charge < -0.3 is 9.88 Å². The number of aromatic nitrogens is 2. The Morgan fingerprint density at radius 1 is 1.45 bits per heavy atom. The van der Waals surface area contributed by atoms with E-state index in [1.54, 1.807) is 0 Å². The third-order valence-corrected chi connectivity index (χ3v) is 4.79. The maximum atomic E-state index is 4.98. The Balaban J connectivity index is 2.15. The summed E-state index contributed by atoms with van der Waals surface area (Å²) in [6.45, 7) is 7.79. The molecule has 0 bridgehead atoms. The minimum absolute atomic E-state index is 0.152.